The minimum Gasteiger partial charge on any atom is -0.455 e. The number of fused-ring (bicyclic) bond motifs is 1. The van der Waals surface area contributed by atoms with Gasteiger partial charge in [-0.05, 0) is 26.8 Å². The molecule has 0 aliphatic carbocycles. The predicted octanol–water partition coefficient (Wildman–Crippen LogP) is 3.37. The van der Waals surface area contributed by atoms with E-state index in [1.807, 2.05) is 13.8 Å². The fraction of sp³-hybridized carbons (Fsp3) is 0.720. The summed E-state index contributed by atoms with van der Waals surface area (Å²) in [6, 6.07) is 0. The molecule has 0 amide bonds. The number of aromatic nitrogens is 1. The van der Waals surface area contributed by atoms with E-state index >= 15 is 4.39 Å². The summed E-state index contributed by atoms with van der Waals surface area (Å²) < 4.78 is 32.3. The molecule has 0 aromatic carbocycles. The summed E-state index contributed by atoms with van der Waals surface area (Å²) in [6.07, 6.45) is -3.40. The molecule has 196 valence electrons. The number of halogens is 1. The number of epoxide rings is 1. The Bertz CT molecular complexity index is 963. The smallest absolute Gasteiger partial charge is 0.309 e. The Labute approximate surface area is 209 Å². The molecule has 10 heteroatoms. The zero-order chi connectivity index (χ0) is 26.1. The lowest BCUT2D eigenvalue weighted by atomic mass is 9.74. The number of ether oxygens (including phenoxy) is 3. The number of ketones is 1. The first-order valence-corrected chi connectivity index (χ1v) is 12.8. The Morgan fingerprint density at radius 3 is 2.57 bits per heavy atom. The van der Waals surface area contributed by atoms with Gasteiger partial charge in [-0.1, -0.05) is 20.8 Å². The van der Waals surface area contributed by atoms with Crippen LogP contribution in [0.3, 0.4) is 0 Å². The number of hydrogen-bond acceptors (Lipinski definition) is 9. The highest BCUT2D eigenvalue weighted by Crippen LogP contribution is 2.44. The first-order valence-electron chi connectivity index (χ1n) is 11.9. The van der Waals surface area contributed by atoms with Crippen molar-refractivity contribution in [1.82, 2.24) is 4.98 Å². The molecule has 35 heavy (non-hydrogen) atoms. The Morgan fingerprint density at radius 2 is 1.94 bits per heavy atom. The van der Waals surface area contributed by atoms with Crippen molar-refractivity contribution in [2.24, 2.45) is 11.3 Å². The number of esters is 1. The zero-order valence-corrected chi connectivity index (χ0v) is 21.9. The Balaban J connectivity index is 1.85. The summed E-state index contributed by atoms with van der Waals surface area (Å²) in [4.78, 5) is 30.1. The number of thiazole rings is 1. The lowest BCUT2D eigenvalue weighted by Crippen LogP contribution is -2.47. The van der Waals surface area contributed by atoms with E-state index in [-0.39, 0.29) is 19.1 Å². The van der Waals surface area contributed by atoms with Crippen LogP contribution in [0.2, 0.25) is 0 Å². The van der Waals surface area contributed by atoms with Crippen LogP contribution in [0.15, 0.2) is 11.2 Å². The summed E-state index contributed by atoms with van der Waals surface area (Å²) >= 11 is 1.38. The van der Waals surface area contributed by atoms with Crippen molar-refractivity contribution in [2.75, 3.05) is 6.61 Å². The number of nitrogens with zero attached hydrogens (tertiary/aromatic N) is 1. The molecule has 3 heterocycles. The summed E-state index contributed by atoms with van der Waals surface area (Å²) in [5.74, 6) is -2.75. The number of aliphatic hydroxyl groups is 2. The van der Waals surface area contributed by atoms with Gasteiger partial charge in [0.1, 0.15) is 11.6 Å². The first-order chi connectivity index (χ1) is 16.2. The van der Waals surface area contributed by atoms with Gasteiger partial charge in [0.25, 0.3) is 0 Å². The maximum atomic E-state index is 15.2. The van der Waals surface area contributed by atoms with Crippen LogP contribution in [0.4, 0.5) is 4.39 Å². The highest BCUT2D eigenvalue weighted by atomic mass is 32.1. The number of Topliss-reactive ketones (excluding diaryl/α,β-unsaturated/α-hetero) is 1. The van der Waals surface area contributed by atoms with Crippen molar-refractivity contribution in [3.8, 4) is 0 Å². The molecule has 1 aromatic rings. The maximum Gasteiger partial charge on any atom is 0.309 e. The van der Waals surface area contributed by atoms with Crippen LogP contribution in [0.25, 0.3) is 6.08 Å². The van der Waals surface area contributed by atoms with Crippen LogP contribution in [0, 0.1) is 18.3 Å². The van der Waals surface area contributed by atoms with Crippen LogP contribution in [0.1, 0.15) is 64.6 Å². The van der Waals surface area contributed by atoms with E-state index in [0.29, 0.717) is 12.1 Å². The van der Waals surface area contributed by atoms with E-state index in [1.165, 1.54) is 31.3 Å². The zero-order valence-electron chi connectivity index (χ0n) is 21.1. The van der Waals surface area contributed by atoms with Gasteiger partial charge in [-0.25, -0.2) is 9.37 Å². The van der Waals surface area contributed by atoms with Gasteiger partial charge in [0, 0.05) is 30.7 Å². The molecule has 2 aliphatic rings. The van der Waals surface area contributed by atoms with E-state index in [0.717, 1.165) is 5.01 Å². The summed E-state index contributed by atoms with van der Waals surface area (Å²) in [6.45, 7) is 10.2. The third kappa shape index (κ3) is 6.54. The van der Waals surface area contributed by atoms with Gasteiger partial charge in [0.05, 0.1) is 52.6 Å². The SMILES string of the molecule is Cc1nc(C=C(F)[C@@H]2C[C@H]3O[C@@]3(C)CCO[C@H](C)[C@@H](O)[C@@H](C)C(=O)C(C)(C)[C@@H](O)CC(=O)O2)cs1. The van der Waals surface area contributed by atoms with E-state index in [2.05, 4.69) is 4.98 Å². The molecule has 1 aromatic heterocycles. The average Bonchev–Trinajstić information content (AvgIpc) is 3.22. The largest absolute Gasteiger partial charge is 0.455 e. The fourth-order valence-corrected chi connectivity index (χ4v) is 4.95. The van der Waals surface area contributed by atoms with E-state index in [1.54, 1.807) is 19.2 Å². The monoisotopic (exact) mass is 513 g/mol. The van der Waals surface area contributed by atoms with Gasteiger partial charge < -0.3 is 24.4 Å². The van der Waals surface area contributed by atoms with Crippen molar-refractivity contribution < 1.29 is 38.4 Å². The molecule has 2 N–H and O–H groups in total. The number of rotatable bonds is 2. The van der Waals surface area contributed by atoms with Crippen LogP contribution < -0.4 is 0 Å². The van der Waals surface area contributed by atoms with Gasteiger partial charge in [-0.3, -0.25) is 9.59 Å². The van der Waals surface area contributed by atoms with Crippen LogP contribution in [-0.2, 0) is 23.8 Å². The van der Waals surface area contributed by atoms with E-state index < -0.39 is 65.4 Å². The van der Waals surface area contributed by atoms with Gasteiger partial charge in [-0.15, -0.1) is 11.3 Å². The molecular formula is C25H36FNO7S. The molecule has 8 nitrogen and oxygen atoms in total. The van der Waals surface area contributed by atoms with Gasteiger partial charge >= 0.3 is 5.97 Å². The third-order valence-corrected chi connectivity index (χ3v) is 7.97. The normalized spacial score (nSPS) is 37.5. The van der Waals surface area contributed by atoms with Crippen molar-refractivity contribution in [3.05, 3.63) is 21.9 Å². The second kappa shape index (κ2) is 10.7. The van der Waals surface area contributed by atoms with Crippen LogP contribution >= 0.6 is 11.3 Å². The molecule has 0 bridgehead atoms. The highest BCUT2D eigenvalue weighted by Gasteiger charge is 2.53. The number of carbonyl (C=O) groups excluding carboxylic acids is 2. The molecule has 0 spiro atoms. The molecule has 0 saturated carbocycles. The first kappa shape index (κ1) is 27.9. The standard InChI is InChI=1S/C25H36FNO7S/c1-13-22(30)14(2)32-8-7-25(6)20(34-25)10-18(17(26)9-16-12-35-15(3)27-16)33-21(29)11-19(28)24(4,5)23(13)31/h9,12-14,18-20,22,28,30H,7-8,10-11H2,1-6H3/t13-,14-,18+,19+,20-,22+,25+/m1/s1. The topological polar surface area (TPSA) is 118 Å². The van der Waals surface area contributed by atoms with Crippen molar-refractivity contribution in [2.45, 2.75) is 96.9 Å². The summed E-state index contributed by atoms with van der Waals surface area (Å²) in [7, 11) is 0. The van der Waals surface area contributed by atoms with Crippen molar-refractivity contribution >= 4 is 29.2 Å². The number of aryl methyl sites for hydroxylation is 1. The fourth-order valence-electron chi connectivity index (χ4n) is 4.38. The lowest BCUT2D eigenvalue weighted by Gasteiger charge is -2.34. The predicted molar refractivity (Wildman–Crippen MR) is 128 cm³/mol. The number of carbonyl (C=O) groups is 2. The van der Waals surface area contributed by atoms with Crippen LogP contribution in [-0.4, -0.2) is 69.7 Å². The number of aliphatic hydroxyl groups excluding tert-OH is 2. The van der Waals surface area contributed by atoms with Gasteiger partial charge in [0.15, 0.2) is 6.10 Å². The second-order valence-corrected chi connectivity index (χ2v) is 11.4. The lowest BCUT2D eigenvalue weighted by molar-refractivity contribution is -0.156. The second-order valence-electron chi connectivity index (χ2n) is 10.4. The molecule has 3 rings (SSSR count). The van der Waals surface area contributed by atoms with E-state index in [4.69, 9.17) is 14.2 Å². The molecule has 0 unspecified atom stereocenters. The molecule has 7 atom stereocenters. The van der Waals surface area contributed by atoms with Crippen molar-refractivity contribution in [1.29, 1.82) is 0 Å². The highest BCUT2D eigenvalue weighted by molar-refractivity contribution is 7.09. The quantitative estimate of drug-likeness (QED) is 0.457. The molecule has 2 saturated heterocycles. The third-order valence-electron chi connectivity index (χ3n) is 7.18. The van der Waals surface area contributed by atoms with Crippen molar-refractivity contribution in [3.63, 3.8) is 0 Å². The molecular weight excluding hydrogens is 477 g/mol. The Kier molecular flexibility index (Phi) is 8.53. The number of hydrogen-bond donors (Lipinski definition) is 2. The summed E-state index contributed by atoms with van der Waals surface area (Å²) in [5, 5.41) is 23.9. The average molecular weight is 514 g/mol. The molecule has 2 aliphatic heterocycles. The minimum absolute atomic E-state index is 0.0846. The molecule has 2 fully saturated rings. The number of cyclic esters (lactones) is 1. The van der Waals surface area contributed by atoms with Gasteiger partial charge in [-0.2, -0.15) is 0 Å². The minimum atomic E-state index is -1.39. The maximum absolute atomic E-state index is 15.2. The summed E-state index contributed by atoms with van der Waals surface area (Å²) in [5.41, 5.74) is -1.52. The van der Waals surface area contributed by atoms with Crippen LogP contribution in [0.5, 0.6) is 0 Å². The Morgan fingerprint density at radius 1 is 1.26 bits per heavy atom. The van der Waals surface area contributed by atoms with Gasteiger partial charge in [0.2, 0.25) is 0 Å². The Hall–Kier alpha value is -1.72. The molecule has 0 radical (unpaired) electrons. The van der Waals surface area contributed by atoms with E-state index in [9.17, 15) is 19.8 Å².